The molecule has 2 rings (SSSR count). The van der Waals surface area contributed by atoms with Crippen molar-refractivity contribution in [3.63, 3.8) is 0 Å². The Hall–Kier alpha value is -0.970. The molecule has 0 aromatic carbocycles. The minimum atomic E-state index is -0.136. The van der Waals surface area contributed by atoms with Crippen molar-refractivity contribution >= 4 is 23.6 Å². The van der Waals surface area contributed by atoms with E-state index in [0.29, 0.717) is 12.2 Å². The normalized spacial score (nSPS) is 19.4. The first-order valence-corrected chi connectivity index (χ1v) is 8.32. The molecular formula is C15H23NO3S. The summed E-state index contributed by atoms with van der Waals surface area (Å²) in [5, 5.41) is 0. The van der Waals surface area contributed by atoms with E-state index in [1.54, 1.807) is 16.7 Å². The van der Waals surface area contributed by atoms with E-state index in [9.17, 15) is 9.59 Å². The number of ether oxygens (including phenoxy) is 1. The van der Waals surface area contributed by atoms with Gasteiger partial charge in [-0.2, -0.15) is 11.8 Å². The summed E-state index contributed by atoms with van der Waals surface area (Å²) in [5.74, 6) is 1.40. The van der Waals surface area contributed by atoms with Gasteiger partial charge < -0.3 is 9.64 Å². The van der Waals surface area contributed by atoms with E-state index < -0.39 is 0 Å². The summed E-state index contributed by atoms with van der Waals surface area (Å²) < 4.78 is 4.73. The fourth-order valence-corrected chi connectivity index (χ4v) is 3.79. The number of nitrogens with zero attached hydrogens (tertiary/aromatic N) is 1. The van der Waals surface area contributed by atoms with Crippen LogP contribution in [0.4, 0.5) is 0 Å². The molecule has 1 amide bonds. The predicted octanol–water partition coefficient (Wildman–Crippen LogP) is 2.59. The molecule has 2 aliphatic carbocycles. The molecule has 0 heterocycles. The Morgan fingerprint density at radius 1 is 1.45 bits per heavy atom. The second-order valence-corrected chi connectivity index (χ2v) is 6.77. The number of carbonyl (C=O) groups excluding carboxylic acids is 2. The maximum Gasteiger partial charge on any atom is 0.306 e. The Kier molecular flexibility index (Phi) is 5.13. The smallest absolute Gasteiger partial charge is 0.306 e. The van der Waals surface area contributed by atoms with Gasteiger partial charge in [-0.15, -0.1) is 0 Å². The van der Waals surface area contributed by atoms with Gasteiger partial charge in [-0.25, -0.2) is 0 Å². The second kappa shape index (κ2) is 6.66. The summed E-state index contributed by atoms with van der Waals surface area (Å²) in [5.41, 5.74) is 1.26. The van der Waals surface area contributed by atoms with Crippen LogP contribution in [0.1, 0.15) is 38.5 Å². The lowest BCUT2D eigenvalue weighted by molar-refractivity contribution is -0.141. The van der Waals surface area contributed by atoms with Crippen LogP contribution in [0.15, 0.2) is 11.8 Å². The summed E-state index contributed by atoms with van der Waals surface area (Å²) in [6.07, 6.45) is 8.05. The van der Waals surface area contributed by atoms with Gasteiger partial charge in [-0.1, -0.05) is 6.08 Å². The highest BCUT2D eigenvalue weighted by molar-refractivity contribution is 7.99. The molecule has 0 aliphatic heterocycles. The SMILES string of the molecule is COC(=O)CC1(CSCC(=O)N(C)C2=CCCC2)CC1. The van der Waals surface area contributed by atoms with Gasteiger partial charge in [-0.3, -0.25) is 9.59 Å². The molecule has 0 atom stereocenters. The van der Waals surface area contributed by atoms with E-state index in [4.69, 9.17) is 4.74 Å². The topological polar surface area (TPSA) is 46.6 Å². The molecule has 5 heteroatoms. The first-order valence-electron chi connectivity index (χ1n) is 7.16. The number of carbonyl (C=O) groups is 2. The van der Waals surface area contributed by atoms with Crippen LogP contribution in [0.2, 0.25) is 0 Å². The van der Waals surface area contributed by atoms with E-state index in [1.165, 1.54) is 7.11 Å². The average Bonchev–Trinajstić information content (AvgIpc) is 2.98. The summed E-state index contributed by atoms with van der Waals surface area (Å²) in [7, 11) is 3.29. The van der Waals surface area contributed by atoms with Crippen LogP contribution < -0.4 is 0 Å². The summed E-state index contributed by atoms with van der Waals surface area (Å²) in [6, 6.07) is 0. The van der Waals surface area contributed by atoms with Crippen molar-refractivity contribution in [2.45, 2.75) is 38.5 Å². The third kappa shape index (κ3) is 4.01. The molecule has 0 saturated heterocycles. The summed E-state index contributed by atoms with van der Waals surface area (Å²) >= 11 is 1.64. The van der Waals surface area contributed by atoms with Crippen molar-refractivity contribution in [1.82, 2.24) is 4.90 Å². The van der Waals surface area contributed by atoms with Gasteiger partial charge in [0.25, 0.3) is 0 Å². The van der Waals surface area contributed by atoms with Gasteiger partial charge in [0, 0.05) is 12.7 Å². The van der Waals surface area contributed by atoms with Gasteiger partial charge in [0.15, 0.2) is 0 Å². The number of allylic oxidation sites excluding steroid dienone is 2. The fraction of sp³-hybridized carbons (Fsp3) is 0.733. The highest BCUT2D eigenvalue weighted by Gasteiger charge is 2.44. The maximum absolute atomic E-state index is 12.1. The Balaban J connectivity index is 1.70. The zero-order chi connectivity index (χ0) is 14.6. The molecule has 4 nitrogen and oxygen atoms in total. The number of methoxy groups -OCH3 is 1. The van der Waals surface area contributed by atoms with Gasteiger partial charge in [0.1, 0.15) is 0 Å². The number of hydrogen-bond acceptors (Lipinski definition) is 4. The Morgan fingerprint density at radius 2 is 2.20 bits per heavy atom. The molecule has 112 valence electrons. The quantitative estimate of drug-likeness (QED) is 0.678. The minimum Gasteiger partial charge on any atom is -0.469 e. The van der Waals surface area contributed by atoms with E-state index >= 15 is 0 Å². The number of amides is 1. The van der Waals surface area contributed by atoms with Crippen LogP contribution in [0.3, 0.4) is 0 Å². The highest BCUT2D eigenvalue weighted by atomic mass is 32.2. The molecular weight excluding hydrogens is 274 g/mol. The van der Waals surface area contributed by atoms with E-state index in [1.807, 2.05) is 7.05 Å². The standard InChI is InChI=1S/C15H23NO3S/c1-16(12-5-3-4-6-12)13(17)10-20-11-15(7-8-15)9-14(18)19-2/h5H,3-4,6-11H2,1-2H3. The molecule has 1 saturated carbocycles. The largest absolute Gasteiger partial charge is 0.469 e. The zero-order valence-electron chi connectivity index (χ0n) is 12.3. The van der Waals surface area contributed by atoms with Crippen molar-refractivity contribution < 1.29 is 14.3 Å². The minimum absolute atomic E-state index is 0.100. The number of esters is 1. The molecule has 20 heavy (non-hydrogen) atoms. The molecule has 0 radical (unpaired) electrons. The number of rotatable bonds is 7. The van der Waals surface area contributed by atoms with Gasteiger partial charge >= 0.3 is 5.97 Å². The van der Waals surface area contributed by atoms with Crippen LogP contribution >= 0.6 is 11.8 Å². The highest BCUT2D eigenvalue weighted by Crippen LogP contribution is 2.51. The van der Waals surface area contributed by atoms with Crippen molar-refractivity contribution in [2.24, 2.45) is 5.41 Å². The van der Waals surface area contributed by atoms with Crippen LogP contribution in [0.5, 0.6) is 0 Å². The Labute approximate surface area is 124 Å². The van der Waals surface area contributed by atoms with Crippen molar-refractivity contribution in [2.75, 3.05) is 25.7 Å². The van der Waals surface area contributed by atoms with Crippen molar-refractivity contribution in [3.05, 3.63) is 11.8 Å². The van der Waals surface area contributed by atoms with Crippen LogP contribution in [0.25, 0.3) is 0 Å². The maximum atomic E-state index is 12.1. The third-order valence-electron chi connectivity index (χ3n) is 4.16. The summed E-state index contributed by atoms with van der Waals surface area (Å²) in [6.45, 7) is 0. The predicted molar refractivity (Wildman–Crippen MR) is 80.3 cm³/mol. The number of thioether (sulfide) groups is 1. The van der Waals surface area contributed by atoms with E-state index in [2.05, 4.69) is 6.08 Å². The third-order valence-corrected chi connectivity index (χ3v) is 5.43. The number of hydrogen-bond donors (Lipinski definition) is 0. The van der Waals surface area contributed by atoms with Gasteiger partial charge in [0.2, 0.25) is 5.91 Å². The zero-order valence-corrected chi connectivity index (χ0v) is 13.1. The lowest BCUT2D eigenvalue weighted by atomic mass is 10.1. The van der Waals surface area contributed by atoms with E-state index in [-0.39, 0.29) is 17.3 Å². The van der Waals surface area contributed by atoms with Gasteiger partial charge in [-0.05, 0) is 43.3 Å². The molecule has 2 aliphatic rings. The molecule has 0 N–H and O–H groups in total. The van der Waals surface area contributed by atoms with Crippen LogP contribution in [0, 0.1) is 5.41 Å². The first kappa shape index (κ1) is 15.4. The van der Waals surface area contributed by atoms with Gasteiger partial charge in [0.05, 0.1) is 19.3 Å². The molecule has 0 spiro atoms. The molecule has 0 bridgehead atoms. The molecule has 0 unspecified atom stereocenters. The molecule has 0 aromatic rings. The first-order chi connectivity index (χ1) is 9.56. The van der Waals surface area contributed by atoms with Crippen molar-refractivity contribution in [3.8, 4) is 0 Å². The Bertz CT molecular complexity index is 415. The lowest BCUT2D eigenvalue weighted by Crippen LogP contribution is -2.27. The Morgan fingerprint density at radius 3 is 2.75 bits per heavy atom. The van der Waals surface area contributed by atoms with Crippen LogP contribution in [-0.4, -0.2) is 42.4 Å². The summed E-state index contributed by atoms with van der Waals surface area (Å²) in [4.78, 5) is 25.2. The van der Waals surface area contributed by atoms with Crippen molar-refractivity contribution in [1.29, 1.82) is 0 Å². The monoisotopic (exact) mass is 297 g/mol. The second-order valence-electron chi connectivity index (χ2n) is 5.79. The lowest BCUT2D eigenvalue weighted by Gasteiger charge is -2.19. The van der Waals surface area contributed by atoms with Crippen LogP contribution in [-0.2, 0) is 14.3 Å². The fourth-order valence-electron chi connectivity index (χ4n) is 2.50. The molecule has 0 aromatic heterocycles. The van der Waals surface area contributed by atoms with E-state index in [0.717, 1.165) is 43.6 Å². The average molecular weight is 297 g/mol. The molecule has 1 fully saturated rings.